The molecule has 3 heterocycles. The normalized spacial score (nSPS) is 10.8. The van der Waals surface area contributed by atoms with Crippen molar-refractivity contribution in [3.8, 4) is 11.4 Å². The van der Waals surface area contributed by atoms with Crippen molar-refractivity contribution in [2.24, 2.45) is 0 Å². The van der Waals surface area contributed by atoms with Gasteiger partial charge in [0.2, 0.25) is 0 Å². The Morgan fingerprint density at radius 1 is 1.06 bits per heavy atom. The van der Waals surface area contributed by atoms with Crippen LogP contribution < -0.4 is 0 Å². The molecule has 78 valence electrons. The minimum atomic E-state index is 0.821. The Morgan fingerprint density at radius 2 is 1.88 bits per heavy atom. The summed E-state index contributed by atoms with van der Waals surface area (Å²) in [6, 6.07) is 7.72. The van der Waals surface area contributed by atoms with E-state index >= 15 is 0 Å². The first-order chi connectivity index (χ1) is 7.84. The number of hydrogen-bond donors (Lipinski definition) is 0. The van der Waals surface area contributed by atoms with Crippen molar-refractivity contribution in [2.45, 2.75) is 0 Å². The summed E-state index contributed by atoms with van der Waals surface area (Å²) < 4.78 is 2.94. The lowest BCUT2D eigenvalue weighted by Crippen LogP contribution is -1.88. The number of hydrogen-bond acceptors (Lipinski definition) is 3. The molecule has 0 aromatic carbocycles. The van der Waals surface area contributed by atoms with Gasteiger partial charge in [-0.15, -0.1) is 10.2 Å². The van der Waals surface area contributed by atoms with E-state index in [4.69, 9.17) is 0 Å². The first-order valence-electron chi connectivity index (χ1n) is 4.75. The van der Waals surface area contributed by atoms with Crippen molar-refractivity contribution in [1.82, 2.24) is 19.6 Å². The minimum Gasteiger partial charge on any atom is -0.282 e. The highest BCUT2D eigenvalue weighted by Crippen LogP contribution is 2.19. The fraction of sp³-hybridized carbons (Fsp3) is 0. The summed E-state index contributed by atoms with van der Waals surface area (Å²) in [6.07, 6.45) is 5.43. The molecule has 16 heavy (non-hydrogen) atoms. The molecule has 0 aliphatic heterocycles. The predicted octanol–water partition coefficient (Wildman–Crippen LogP) is 2.55. The zero-order valence-electron chi connectivity index (χ0n) is 8.21. The van der Waals surface area contributed by atoms with Crippen molar-refractivity contribution in [2.75, 3.05) is 0 Å². The van der Waals surface area contributed by atoms with Crippen molar-refractivity contribution in [3.63, 3.8) is 0 Å². The molecule has 0 amide bonds. The maximum atomic E-state index is 4.17. The monoisotopic (exact) mass is 274 g/mol. The van der Waals surface area contributed by atoms with Crippen molar-refractivity contribution in [1.29, 1.82) is 0 Å². The molecule has 0 aliphatic rings. The second-order valence-corrected chi connectivity index (χ2v) is 4.25. The zero-order valence-corrected chi connectivity index (χ0v) is 9.79. The standard InChI is InChI=1S/C11H7BrN4/c12-9-3-6-16-10(7-9)14-15-11(16)8-1-4-13-5-2-8/h1-7H. The number of aromatic nitrogens is 4. The first kappa shape index (κ1) is 9.47. The Labute approximate surface area is 100 Å². The van der Waals surface area contributed by atoms with Crippen LogP contribution in [0.4, 0.5) is 0 Å². The molecule has 0 saturated carbocycles. The summed E-state index contributed by atoms with van der Waals surface area (Å²) >= 11 is 3.41. The Hall–Kier alpha value is -1.75. The fourth-order valence-corrected chi connectivity index (χ4v) is 1.89. The van der Waals surface area contributed by atoms with Gasteiger partial charge in [0.1, 0.15) is 0 Å². The summed E-state index contributed by atoms with van der Waals surface area (Å²) in [7, 11) is 0. The average molecular weight is 275 g/mol. The van der Waals surface area contributed by atoms with Gasteiger partial charge in [-0.3, -0.25) is 9.38 Å². The van der Waals surface area contributed by atoms with Gasteiger partial charge in [0.15, 0.2) is 11.5 Å². The maximum absolute atomic E-state index is 4.17. The highest BCUT2D eigenvalue weighted by molar-refractivity contribution is 9.10. The fourth-order valence-electron chi connectivity index (χ4n) is 1.56. The van der Waals surface area contributed by atoms with E-state index in [0.29, 0.717) is 0 Å². The van der Waals surface area contributed by atoms with Gasteiger partial charge in [-0.05, 0) is 24.3 Å². The molecular weight excluding hydrogens is 268 g/mol. The van der Waals surface area contributed by atoms with E-state index in [-0.39, 0.29) is 0 Å². The van der Waals surface area contributed by atoms with Crippen LogP contribution in [0.25, 0.3) is 17.0 Å². The average Bonchev–Trinajstić information content (AvgIpc) is 2.73. The third-order valence-electron chi connectivity index (χ3n) is 2.31. The van der Waals surface area contributed by atoms with Crippen LogP contribution in [0.5, 0.6) is 0 Å². The zero-order chi connectivity index (χ0) is 11.0. The van der Waals surface area contributed by atoms with Gasteiger partial charge in [0, 0.05) is 28.6 Å². The van der Waals surface area contributed by atoms with Crippen LogP contribution >= 0.6 is 15.9 Å². The number of rotatable bonds is 1. The minimum absolute atomic E-state index is 0.821. The number of pyridine rings is 2. The lowest BCUT2D eigenvalue weighted by molar-refractivity contribution is 1.11. The van der Waals surface area contributed by atoms with Crippen LogP contribution in [-0.2, 0) is 0 Å². The summed E-state index contributed by atoms with van der Waals surface area (Å²) in [4.78, 5) is 3.98. The van der Waals surface area contributed by atoms with Crippen LogP contribution in [-0.4, -0.2) is 19.6 Å². The van der Waals surface area contributed by atoms with Gasteiger partial charge in [-0.25, -0.2) is 0 Å². The quantitative estimate of drug-likeness (QED) is 0.685. The molecule has 3 aromatic heterocycles. The van der Waals surface area contributed by atoms with Crippen LogP contribution in [0.15, 0.2) is 47.3 Å². The van der Waals surface area contributed by atoms with E-state index in [0.717, 1.165) is 21.5 Å². The SMILES string of the molecule is Brc1ccn2c(-c3ccncc3)nnc2c1. The van der Waals surface area contributed by atoms with Gasteiger partial charge in [-0.2, -0.15) is 0 Å². The summed E-state index contributed by atoms with van der Waals surface area (Å²) in [5.41, 5.74) is 1.83. The van der Waals surface area contributed by atoms with Crippen LogP contribution in [0, 0.1) is 0 Å². The lowest BCUT2D eigenvalue weighted by Gasteiger charge is -1.99. The molecule has 0 spiro atoms. The predicted molar refractivity (Wildman–Crippen MR) is 63.9 cm³/mol. The topological polar surface area (TPSA) is 43.1 Å². The summed E-state index contributed by atoms with van der Waals surface area (Å²) in [6.45, 7) is 0. The van der Waals surface area contributed by atoms with E-state index in [1.54, 1.807) is 12.4 Å². The van der Waals surface area contributed by atoms with Gasteiger partial charge in [-0.1, -0.05) is 15.9 Å². The molecule has 3 aromatic rings. The van der Waals surface area contributed by atoms with Gasteiger partial charge in [0.25, 0.3) is 0 Å². The smallest absolute Gasteiger partial charge is 0.168 e. The molecule has 0 saturated heterocycles. The molecule has 0 atom stereocenters. The molecule has 4 nitrogen and oxygen atoms in total. The van der Waals surface area contributed by atoms with E-state index in [2.05, 4.69) is 31.1 Å². The molecular formula is C11H7BrN4. The van der Waals surface area contributed by atoms with Crippen LogP contribution in [0.3, 0.4) is 0 Å². The molecule has 0 aliphatic carbocycles. The Morgan fingerprint density at radius 3 is 2.69 bits per heavy atom. The van der Waals surface area contributed by atoms with Gasteiger partial charge < -0.3 is 0 Å². The molecule has 0 bridgehead atoms. The Bertz CT molecular complexity index is 633. The third kappa shape index (κ3) is 1.49. The second kappa shape index (κ2) is 3.68. The van der Waals surface area contributed by atoms with E-state index in [9.17, 15) is 0 Å². The highest BCUT2D eigenvalue weighted by atomic mass is 79.9. The Kier molecular flexibility index (Phi) is 2.18. The van der Waals surface area contributed by atoms with Crippen LogP contribution in [0.1, 0.15) is 0 Å². The summed E-state index contributed by atoms with van der Waals surface area (Å²) in [5, 5.41) is 8.29. The Balaban J connectivity index is 2.26. The molecule has 3 rings (SSSR count). The van der Waals surface area contributed by atoms with Crippen molar-refractivity contribution in [3.05, 3.63) is 47.3 Å². The largest absolute Gasteiger partial charge is 0.282 e. The molecule has 0 radical (unpaired) electrons. The van der Waals surface area contributed by atoms with Gasteiger partial charge in [0.05, 0.1) is 0 Å². The number of fused-ring (bicyclic) bond motifs is 1. The maximum Gasteiger partial charge on any atom is 0.168 e. The first-order valence-corrected chi connectivity index (χ1v) is 5.54. The second-order valence-electron chi connectivity index (χ2n) is 3.33. The third-order valence-corrected chi connectivity index (χ3v) is 2.80. The van der Waals surface area contributed by atoms with E-state index in [1.807, 2.05) is 34.9 Å². The number of nitrogens with zero attached hydrogens (tertiary/aromatic N) is 4. The van der Waals surface area contributed by atoms with Crippen molar-refractivity contribution >= 4 is 21.6 Å². The van der Waals surface area contributed by atoms with E-state index in [1.165, 1.54) is 0 Å². The summed E-state index contributed by atoms with van der Waals surface area (Å²) in [5.74, 6) is 0.824. The van der Waals surface area contributed by atoms with E-state index < -0.39 is 0 Å². The number of halogens is 1. The van der Waals surface area contributed by atoms with Crippen molar-refractivity contribution < 1.29 is 0 Å². The van der Waals surface area contributed by atoms with Gasteiger partial charge >= 0.3 is 0 Å². The molecule has 0 N–H and O–H groups in total. The lowest BCUT2D eigenvalue weighted by atomic mass is 10.2. The molecule has 0 fully saturated rings. The van der Waals surface area contributed by atoms with Crippen LogP contribution in [0.2, 0.25) is 0 Å². The molecule has 0 unspecified atom stereocenters. The highest BCUT2D eigenvalue weighted by Gasteiger charge is 2.07. The molecule has 5 heteroatoms.